The normalized spacial score (nSPS) is 26.2. The van der Waals surface area contributed by atoms with Crippen LogP contribution in [-0.2, 0) is 14.6 Å². The Kier molecular flexibility index (Phi) is 5.73. The fraction of sp³-hybridized carbons (Fsp3) is 0.706. The van der Waals surface area contributed by atoms with Crippen LogP contribution in [0.2, 0.25) is 0 Å². The number of aromatic nitrogens is 1. The van der Waals surface area contributed by atoms with E-state index >= 15 is 0 Å². The van der Waals surface area contributed by atoms with E-state index in [1.54, 1.807) is 12.3 Å². The van der Waals surface area contributed by atoms with Gasteiger partial charge in [-0.25, -0.2) is 8.42 Å². The minimum atomic E-state index is -3.33. The third-order valence-electron chi connectivity index (χ3n) is 4.73. The van der Waals surface area contributed by atoms with Gasteiger partial charge < -0.3 is 14.8 Å². The number of hydrogen-bond donors (Lipinski definition) is 1. The molecule has 2 fully saturated rings. The summed E-state index contributed by atoms with van der Waals surface area (Å²) in [6, 6.07) is 1.63. The highest BCUT2D eigenvalue weighted by Gasteiger charge is 2.27. The summed E-state index contributed by atoms with van der Waals surface area (Å²) in [7, 11) is -3.33. The van der Waals surface area contributed by atoms with Crippen molar-refractivity contribution in [1.29, 1.82) is 0 Å². The van der Waals surface area contributed by atoms with Gasteiger partial charge in [-0.1, -0.05) is 0 Å². The molecule has 3 rings (SSSR count). The van der Waals surface area contributed by atoms with E-state index in [1.165, 1.54) is 12.5 Å². The van der Waals surface area contributed by atoms with Crippen molar-refractivity contribution in [2.24, 2.45) is 0 Å². The molecule has 1 saturated carbocycles. The van der Waals surface area contributed by atoms with Crippen molar-refractivity contribution < 1.29 is 17.9 Å². The zero-order valence-corrected chi connectivity index (χ0v) is 14.9. The van der Waals surface area contributed by atoms with Crippen molar-refractivity contribution in [3.8, 4) is 5.75 Å². The van der Waals surface area contributed by atoms with E-state index < -0.39 is 9.84 Å². The van der Waals surface area contributed by atoms with Crippen LogP contribution in [0.5, 0.6) is 5.75 Å². The number of piperidine rings is 1. The van der Waals surface area contributed by atoms with E-state index in [2.05, 4.69) is 10.3 Å². The van der Waals surface area contributed by atoms with Gasteiger partial charge in [0.15, 0.2) is 9.84 Å². The first-order valence-electron chi connectivity index (χ1n) is 8.69. The quantitative estimate of drug-likeness (QED) is 0.871. The molecule has 1 saturated heterocycles. The van der Waals surface area contributed by atoms with Gasteiger partial charge in [0, 0.05) is 18.6 Å². The SMILES string of the molecule is CS(=O)(=O)c1cnccc1OC1CCC(OC2CCNCC2)CC1. The van der Waals surface area contributed by atoms with Crippen LogP contribution in [0.25, 0.3) is 0 Å². The molecular weight excluding hydrogens is 328 g/mol. The van der Waals surface area contributed by atoms with Crippen LogP contribution in [0, 0.1) is 0 Å². The molecule has 0 bridgehead atoms. The molecular formula is C17H26N2O4S. The summed E-state index contributed by atoms with van der Waals surface area (Å²) in [5.74, 6) is 0.412. The average molecular weight is 354 g/mol. The summed E-state index contributed by atoms with van der Waals surface area (Å²) >= 11 is 0. The van der Waals surface area contributed by atoms with E-state index in [0.717, 1.165) is 51.6 Å². The molecule has 2 aliphatic rings. The minimum Gasteiger partial charge on any atom is -0.489 e. The number of sulfone groups is 1. The Morgan fingerprint density at radius 3 is 2.33 bits per heavy atom. The van der Waals surface area contributed by atoms with Gasteiger partial charge >= 0.3 is 0 Å². The van der Waals surface area contributed by atoms with Crippen LogP contribution >= 0.6 is 0 Å². The fourth-order valence-corrected chi connectivity index (χ4v) is 4.15. The molecule has 2 heterocycles. The lowest BCUT2D eigenvalue weighted by atomic mass is 9.94. The molecule has 0 atom stereocenters. The van der Waals surface area contributed by atoms with E-state index in [-0.39, 0.29) is 11.0 Å². The molecule has 1 aromatic rings. The summed E-state index contributed by atoms with van der Waals surface area (Å²) in [6.45, 7) is 2.08. The van der Waals surface area contributed by atoms with Gasteiger partial charge in [0.25, 0.3) is 0 Å². The number of ether oxygens (including phenoxy) is 2. The first kappa shape index (κ1) is 17.6. The van der Waals surface area contributed by atoms with Gasteiger partial charge in [-0.2, -0.15) is 0 Å². The van der Waals surface area contributed by atoms with Gasteiger partial charge in [-0.3, -0.25) is 4.98 Å². The average Bonchev–Trinajstić information content (AvgIpc) is 2.57. The molecule has 0 amide bonds. The number of hydrogen-bond acceptors (Lipinski definition) is 6. The highest BCUT2D eigenvalue weighted by atomic mass is 32.2. The second kappa shape index (κ2) is 7.80. The molecule has 0 aromatic carbocycles. The van der Waals surface area contributed by atoms with Gasteiger partial charge in [-0.15, -0.1) is 0 Å². The topological polar surface area (TPSA) is 77.5 Å². The molecule has 1 aromatic heterocycles. The molecule has 1 N–H and O–H groups in total. The Bertz CT molecular complexity index is 636. The molecule has 0 unspecified atom stereocenters. The summed E-state index contributed by atoms with van der Waals surface area (Å²) in [4.78, 5) is 4.06. The Balaban J connectivity index is 1.52. The molecule has 24 heavy (non-hydrogen) atoms. The molecule has 1 aliphatic heterocycles. The van der Waals surface area contributed by atoms with Crippen LogP contribution in [-0.4, -0.2) is 51.1 Å². The van der Waals surface area contributed by atoms with Crippen molar-refractivity contribution in [2.45, 2.75) is 61.7 Å². The standard InChI is InChI=1S/C17H26N2O4S/c1-24(20,21)17-12-19-11-8-16(17)23-14-4-2-13(3-5-14)22-15-6-9-18-10-7-15/h8,11-15,18H,2-7,9-10H2,1H3. The highest BCUT2D eigenvalue weighted by molar-refractivity contribution is 7.90. The third-order valence-corrected chi connectivity index (χ3v) is 5.84. The minimum absolute atomic E-state index is 0.0424. The molecule has 0 spiro atoms. The molecule has 1 aliphatic carbocycles. The molecule has 134 valence electrons. The van der Waals surface area contributed by atoms with E-state index in [4.69, 9.17) is 9.47 Å². The largest absolute Gasteiger partial charge is 0.489 e. The second-order valence-corrected chi connectivity index (χ2v) is 8.68. The van der Waals surface area contributed by atoms with Crippen LogP contribution in [0.4, 0.5) is 0 Å². The Labute approximate surface area is 143 Å². The van der Waals surface area contributed by atoms with Gasteiger partial charge in [0.05, 0.1) is 18.3 Å². The fourth-order valence-electron chi connectivity index (χ4n) is 3.41. The Morgan fingerprint density at radius 2 is 1.67 bits per heavy atom. The monoisotopic (exact) mass is 354 g/mol. The van der Waals surface area contributed by atoms with Crippen LogP contribution < -0.4 is 10.1 Å². The number of nitrogens with one attached hydrogen (secondary N) is 1. The molecule has 7 heteroatoms. The van der Waals surface area contributed by atoms with Crippen molar-refractivity contribution in [2.75, 3.05) is 19.3 Å². The van der Waals surface area contributed by atoms with Crippen LogP contribution in [0.3, 0.4) is 0 Å². The lowest BCUT2D eigenvalue weighted by molar-refractivity contribution is -0.0550. The second-order valence-electron chi connectivity index (χ2n) is 6.70. The van der Waals surface area contributed by atoms with E-state index in [9.17, 15) is 8.42 Å². The summed E-state index contributed by atoms with van der Waals surface area (Å²) in [5, 5.41) is 3.35. The summed E-state index contributed by atoms with van der Waals surface area (Å²) < 4.78 is 35.8. The van der Waals surface area contributed by atoms with Crippen LogP contribution in [0.1, 0.15) is 38.5 Å². The maximum atomic E-state index is 11.8. The van der Waals surface area contributed by atoms with Crippen molar-refractivity contribution in [3.05, 3.63) is 18.5 Å². The summed E-state index contributed by atoms with van der Waals surface area (Å²) in [5.41, 5.74) is 0. The lowest BCUT2D eigenvalue weighted by Gasteiger charge is -2.33. The highest BCUT2D eigenvalue weighted by Crippen LogP contribution is 2.30. The molecule has 0 radical (unpaired) electrons. The number of rotatable bonds is 5. The molecule has 6 nitrogen and oxygen atoms in total. The Hall–Kier alpha value is -1.18. The van der Waals surface area contributed by atoms with E-state index in [0.29, 0.717) is 18.0 Å². The zero-order valence-electron chi connectivity index (χ0n) is 14.1. The zero-order chi connectivity index (χ0) is 17.0. The van der Waals surface area contributed by atoms with E-state index in [1.807, 2.05) is 0 Å². The Morgan fingerprint density at radius 1 is 1.04 bits per heavy atom. The maximum Gasteiger partial charge on any atom is 0.180 e. The number of nitrogens with zero attached hydrogens (tertiary/aromatic N) is 1. The number of pyridine rings is 1. The predicted octanol–water partition coefficient (Wildman–Crippen LogP) is 1.94. The first-order chi connectivity index (χ1) is 11.5. The lowest BCUT2D eigenvalue weighted by Crippen LogP contribution is -2.37. The van der Waals surface area contributed by atoms with Crippen molar-refractivity contribution in [3.63, 3.8) is 0 Å². The van der Waals surface area contributed by atoms with Crippen molar-refractivity contribution >= 4 is 9.84 Å². The maximum absolute atomic E-state index is 11.8. The van der Waals surface area contributed by atoms with Gasteiger partial charge in [0.1, 0.15) is 10.6 Å². The first-order valence-corrected chi connectivity index (χ1v) is 10.6. The van der Waals surface area contributed by atoms with Crippen molar-refractivity contribution in [1.82, 2.24) is 10.3 Å². The smallest absolute Gasteiger partial charge is 0.180 e. The summed E-state index contributed by atoms with van der Waals surface area (Å²) in [6.07, 6.45) is 10.7. The predicted molar refractivity (Wildman–Crippen MR) is 91.0 cm³/mol. The van der Waals surface area contributed by atoms with Gasteiger partial charge in [-0.05, 0) is 57.7 Å². The van der Waals surface area contributed by atoms with Crippen LogP contribution in [0.15, 0.2) is 23.4 Å². The third kappa shape index (κ3) is 4.68. The van der Waals surface area contributed by atoms with Gasteiger partial charge in [0.2, 0.25) is 0 Å².